The molecule has 0 spiro atoms. The van der Waals surface area contributed by atoms with E-state index in [1.54, 1.807) is 0 Å². The average Bonchev–Trinajstić information content (AvgIpc) is 2.23. The highest BCUT2D eigenvalue weighted by Gasteiger charge is 2.33. The Balaban J connectivity index is 2.33. The monoisotopic (exact) mass is 269 g/mol. The fraction of sp³-hybridized carbons (Fsp3) is 0.867. The highest BCUT2D eigenvalue weighted by atomic mass is 16.5. The Morgan fingerprint density at radius 1 is 1.26 bits per heavy atom. The van der Waals surface area contributed by atoms with Crippen LogP contribution in [0.15, 0.2) is 0 Å². The van der Waals surface area contributed by atoms with Crippen molar-refractivity contribution in [2.45, 2.75) is 65.9 Å². The molecule has 1 aliphatic rings. The Bertz CT molecular complexity index is 325. The topological polar surface area (TPSA) is 55.4 Å². The van der Waals surface area contributed by atoms with Gasteiger partial charge in [0.15, 0.2) is 0 Å². The van der Waals surface area contributed by atoms with Gasteiger partial charge in [-0.05, 0) is 37.5 Å². The van der Waals surface area contributed by atoms with Gasteiger partial charge in [0.1, 0.15) is 6.10 Å². The predicted octanol–water partition coefficient (Wildman–Crippen LogP) is 2.66. The van der Waals surface area contributed by atoms with E-state index >= 15 is 0 Å². The first-order valence-corrected chi connectivity index (χ1v) is 7.28. The minimum absolute atomic E-state index is 0.0143. The first-order chi connectivity index (χ1) is 8.82. The van der Waals surface area contributed by atoms with Gasteiger partial charge in [-0.2, -0.15) is 0 Å². The van der Waals surface area contributed by atoms with Crippen molar-refractivity contribution >= 4 is 11.9 Å². The molecule has 1 N–H and O–H groups in total. The Kier molecular flexibility index (Phi) is 5.83. The number of carbonyl (C=O) groups excluding carboxylic acids is 2. The predicted molar refractivity (Wildman–Crippen MR) is 74.6 cm³/mol. The first-order valence-electron chi connectivity index (χ1n) is 7.28. The molecule has 1 rings (SSSR count). The van der Waals surface area contributed by atoms with Crippen LogP contribution in [-0.4, -0.2) is 24.5 Å². The third kappa shape index (κ3) is 6.08. The molecular formula is C15H27NO3. The largest absolute Gasteiger partial charge is 0.462 e. The number of hydrogen-bond acceptors (Lipinski definition) is 3. The van der Waals surface area contributed by atoms with Crippen molar-refractivity contribution in [2.24, 2.45) is 11.3 Å². The van der Waals surface area contributed by atoms with E-state index in [1.165, 1.54) is 6.42 Å². The smallest absolute Gasteiger partial charge is 0.306 e. The molecule has 0 aliphatic heterocycles. The molecule has 4 nitrogen and oxygen atoms in total. The third-order valence-electron chi connectivity index (χ3n) is 3.57. The number of carbonyl (C=O) groups is 2. The van der Waals surface area contributed by atoms with Crippen LogP contribution in [0.25, 0.3) is 0 Å². The van der Waals surface area contributed by atoms with Crippen LogP contribution in [0, 0.1) is 11.3 Å². The summed E-state index contributed by atoms with van der Waals surface area (Å²) < 4.78 is 5.51. The zero-order valence-electron chi connectivity index (χ0n) is 12.6. The lowest BCUT2D eigenvalue weighted by molar-refractivity contribution is -0.154. The summed E-state index contributed by atoms with van der Waals surface area (Å²) in [5, 5.41) is 2.68. The molecule has 1 aliphatic carbocycles. The molecule has 0 bridgehead atoms. The Morgan fingerprint density at radius 2 is 1.95 bits per heavy atom. The van der Waals surface area contributed by atoms with Gasteiger partial charge in [-0.3, -0.25) is 9.59 Å². The number of ether oxygens (including phenoxy) is 1. The van der Waals surface area contributed by atoms with Gasteiger partial charge in [-0.25, -0.2) is 0 Å². The zero-order valence-corrected chi connectivity index (χ0v) is 12.6. The molecule has 19 heavy (non-hydrogen) atoms. The highest BCUT2D eigenvalue weighted by molar-refractivity contribution is 5.81. The summed E-state index contributed by atoms with van der Waals surface area (Å²) >= 11 is 0. The van der Waals surface area contributed by atoms with Crippen LogP contribution in [0.1, 0.15) is 59.8 Å². The molecule has 0 saturated heterocycles. The highest BCUT2D eigenvalue weighted by Crippen LogP contribution is 2.39. The minimum Gasteiger partial charge on any atom is -0.462 e. The van der Waals surface area contributed by atoms with Gasteiger partial charge < -0.3 is 10.1 Å². The molecule has 1 saturated carbocycles. The van der Waals surface area contributed by atoms with Gasteiger partial charge in [-0.1, -0.05) is 20.8 Å². The lowest BCUT2D eigenvalue weighted by atomic mass is 9.71. The summed E-state index contributed by atoms with van der Waals surface area (Å²) in [4.78, 5) is 23.0. The summed E-state index contributed by atoms with van der Waals surface area (Å²) in [6, 6.07) is 0. The van der Waals surface area contributed by atoms with Gasteiger partial charge in [-0.15, -0.1) is 0 Å². The molecule has 1 fully saturated rings. The molecule has 4 heteroatoms. The number of amides is 1. The van der Waals surface area contributed by atoms with E-state index in [2.05, 4.69) is 26.1 Å². The molecule has 1 amide bonds. The fourth-order valence-electron chi connectivity index (χ4n) is 3.09. The number of hydrogen-bond donors (Lipinski definition) is 1. The Morgan fingerprint density at radius 3 is 2.53 bits per heavy atom. The van der Waals surface area contributed by atoms with E-state index in [1.807, 2.05) is 6.92 Å². The molecular weight excluding hydrogens is 242 g/mol. The summed E-state index contributed by atoms with van der Waals surface area (Å²) in [7, 11) is 0. The van der Waals surface area contributed by atoms with Crippen molar-refractivity contribution in [1.82, 2.24) is 5.32 Å². The maximum absolute atomic E-state index is 11.7. The molecule has 2 unspecified atom stereocenters. The molecule has 0 aromatic rings. The van der Waals surface area contributed by atoms with E-state index in [-0.39, 0.29) is 36.2 Å². The Labute approximate surface area is 116 Å². The van der Waals surface area contributed by atoms with Crippen LogP contribution in [0.4, 0.5) is 0 Å². The number of esters is 1. The van der Waals surface area contributed by atoms with Crippen LogP contribution in [0.2, 0.25) is 0 Å². The maximum atomic E-state index is 11.7. The SMILES string of the molecule is CCNC(=O)CCC(=O)OC1CC(C)CC(C)(C)C1. The van der Waals surface area contributed by atoms with Crippen molar-refractivity contribution in [3.8, 4) is 0 Å². The van der Waals surface area contributed by atoms with Crippen LogP contribution < -0.4 is 5.32 Å². The molecule has 0 aromatic heterocycles. The van der Waals surface area contributed by atoms with E-state index in [0.29, 0.717) is 12.5 Å². The normalized spacial score (nSPS) is 25.7. The molecule has 110 valence electrons. The summed E-state index contributed by atoms with van der Waals surface area (Å²) in [5.41, 5.74) is 0.238. The van der Waals surface area contributed by atoms with Gasteiger partial charge in [0, 0.05) is 13.0 Å². The van der Waals surface area contributed by atoms with Gasteiger partial charge >= 0.3 is 5.97 Å². The second-order valence-corrected chi connectivity index (χ2v) is 6.48. The Hall–Kier alpha value is -1.06. The second kappa shape index (κ2) is 6.92. The number of rotatable bonds is 5. The van der Waals surface area contributed by atoms with Gasteiger partial charge in [0.2, 0.25) is 5.91 Å². The van der Waals surface area contributed by atoms with Crippen molar-refractivity contribution < 1.29 is 14.3 Å². The lowest BCUT2D eigenvalue weighted by Crippen LogP contribution is -2.34. The van der Waals surface area contributed by atoms with E-state index in [9.17, 15) is 9.59 Å². The van der Waals surface area contributed by atoms with E-state index in [0.717, 1.165) is 12.8 Å². The molecule has 0 radical (unpaired) electrons. The van der Waals surface area contributed by atoms with Crippen LogP contribution in [0.3, 0.4) is 0 Å². The molecule has 2 atom stereocenters. The minimum atomic E-state index is -0.249. The quantitative estimate of drug-likeness (QED) is 0.781. The van der Waals surface area contributed by atoms with Crippen LogP contribution in [-0.2, 0) is 14.3 Å². The zero-order chi connectivity index (χ0) is 14.5. The van der Waals surface area contributed by atoms with Gasteiger partial charge in [0.05, 0.1) is 6.42 Å². The summed E-state index contributed by atoms with van der Waals surface area (Å²) in [5.74, 6) is 0.253. The van der Waals surface area contributed by atoms with E-state index in [4.69, 9.17) is 4.74 Å². The standard InChI is InChI=1S/C15H27NO3/c1-5-16-13(17)6-7-14(18)19-12-8-11(2)9-15(3,4)10-12/h11-12H,5-10H2,1-4H3,(H,16,17). The maximum Gasteiger partial charge on any atom is 0.306 e. The average molecular weight is 269 g/mol. The molecule has 0 aromatic carbocycles. The van der Waals surface area contributed by atoms with E-state index < -0.39 is 0 Å². The van der Waals surface area contributed by atoms with Crippen LogP contribution in [0.5, 0.6) is 0 Å². The first kappa shape index (κ1) is 16.0. The van der Waals surface area contributed by atoms with Crippen LogP contribution >= 0.6 is 0 Å². The van der Waals surface area contributed by atoms with Crippen molar-refractivity contribution in [2.75, 3.05) is 6.54 Å². The summed E-state index contributed by atoms with van der Waals surface area (Å²) in [6.45, 7) is 9.11. The van der Waals surface area contributed by atoms with Crippen molar-refractivity contribution in [1.29, 1.82) is 0 Å². The van der Waals surface area contributed by atoms with Crippen molar-refractivity contribution in [3.63, 3.8) is 0 Å². The third-order valence-corrected chi connectivity index (χ3v) is 3.57. The second-order valence-electron chi connectivity index (χ2n) is 6.48. The molecule has 0 heterocycles. The van der Waals surface area contributed by atoms with Gasteiger partial charge in [0.25, 0.3) is 0 Å². The summed E-state index contributed by atoms with van der Waals surface area (Å²) in [6.07, 6.45) is 3.45. The number of nitrogens with one attached hydrogen (secondary N) is 1. The van der Waals surface area contributed by atoms with Crippen molar-refractivity contribution in [3.05, 3.63) is 0 Å². The lowest BCUT2D eigenvalue weighted by Gasteiger charge is -2.38. The fourth-order valence-corrected chi connectivity index (χ4v) is 3.09.